The zero-order chi connectivity index (χ0) is 13.9. The van der Waals surface area contributed by atoms with Gasteiger partial charge in [-0.25, -0.2) is 0 Å². The standard InChI is InChI=1S/C8H15O3P.C3H9ISi/c1-4-7-6-8(7,3)12(9,10)11-5-2;1-5(2,3)4/h4,7H,1,5-6H2,2-3H3,(H,9,10);1-3H3/t7-,8+;/m1./s1. The molecule has 1 aliphatic rings. The maximum absolute atomic E-state index is 11.6. The highest BCUT2D eigenvalue weighted by molar-refractivity contribution is 14.1. The number of halogens is 1. The maximum Gasteiger partial charge on any atom is 0.334 e. The summed E-state index contributed by atoms with van der Waals surface area (Å²) in [5.41, 5.74) is -0.641. The molecule has 0 aromatic heterocycles. The van der Waals surface area contributed by atoms with E-state index in [1.54, 1.807) is 19.9 Å². The van der Waals surface area contributed by atoms with Gasteiger partial charge in [-0.1, -0.05) is 25.7 Å². The molecule has 0 amide bonds. The molecule has 6 heteroatoms. The van der Waals surface area contributed by atoms with Gasteiger partial charge in [0.2, 0.25) is 0 Å². The van der Waals surface area contributed by atoms with E-state index in [0.29, 0.717) is 6.42 Å². The largest absolute Gasteiger partial charge is 0.334 e. The van der Waals surface area contributed by atoms with Crippen molar-refractivity contribution in [1.29, 1.82) is 0 Å². The van der Waals surface area contributed by atoms with Crippen molar-refractivity contribution in [1.82, 2.24) is 0 Å². The van der Waals surface area contributed by atoms with Crippen molar-refractivity contribution in [3.8, 4) is 0 Å². The molecule has 1 saturated carbocycles. The van der Waals surface area contributed by atoms with Gasteiger partial charge >= 0.3 is 7.60 Å². The molecule has 1 N–H and O–H groups in total. The summed E-state index contributed by atoms with van der Waals surface area (Å²) in [7, 11) is -3.41. The molecule has 1 aliphatic carbocycles. The first-order chi connectivity index (χ1) is 7.48. The molecule has 0 heterocycles. The fourth-order valence-electron chi connectivity index (χ4n) is 1.37. The van der Waals surface area contributed by atoms with Crippen LogP contribution in [-0.4, -0.2) is 22.2 Å². The van der Waals surface area contributed by atoms with E-state index in [9.17, 15) is 9.46 Å². The molecule has 1 rings (SSSR count). The Morgan fingerprint density at radius 3 is 2.29 bits per heavy atom. The lowest BCUT2D eigenvalue weighted by Crippen LogP contribution is -2.09. The van der Waals surface area contributed by atoms with Gasteiger partial charge in [0.1, 0.15) is 5.57 Å². The zero-order valence-electron chi connectivity index (χ0n) is 11.4. The quantitative estimate of drug-likeness (QED) is 0.254. The van der Waals surface area contributed by atoms with Gasteiger partial charge in [0.05, 0.1) is 11.8 Å². The van der Waals surface area contributed by atoms with Crippen LogP contribution in [0.4, 0.5) is 0 Å². The summed E-state index contributed by atoms with van der Waals surface area (Å²) in [5, 5.41) is -0.565. The van der Waals surface area contributed by atoms with E-state index in [-0.39, 0.29) is 12.5 Å². The molecule has 0 aromatic rings. The van der Waals surface area contributed by atoms with Crippen molar-refractivity contribution in [3.05, 3.63) is 12.7 Å². The van der Waals surface area contributed by atoms with E-state index in [1.807, 2.05) is 0 Å². The van der Waals surface area contributed by atoms with Crippen LogP contribution in [-0.2, 0) is 9.09 Å². The summed E-state index contributed by atoms with van der Waals surface area (Å²) < 4.78 is 16.4. The number of rotatable bonds is 4. The predicted molar refractivity (Wildman–Crippen MR) is 85.5 cm³/mol. The first-order valence-corrected chi connectivity index (χ1v) is 14.0. The monoisotopic (exact) mass is 390 g/mol. The van der Waals surface area contributed by atoms with E-state index in [4.69, 9.17) is 4.52 Å². The van der Waals surface area contributed by atoms with Crippen LogP contribution in [0.3, 0.4) is 0 Å². The lowest BCUT2D eigenvalue weighted by atomic mass is 10.3. The number of allylic oxidation sites excluding steroid dienone is 1. The van der Waals surface area contributed by atoms with Crippen LogP contribution in [0.1, 0.15) is 20.3 Å². The lowest BCUT2D eigenvalue weighted by Gasteiger charge is -2.17. The second-order valence-electron chi connectivity index (χ2n) is 5.41. The van der Waals surface area contributed by atoms with Gasteiger partial charge < -0.3 is 9.42 Å². The molecule has 102 valence electrons. The van der Waals surface area contributed by atoms with E-state index in [1.165, 1.54) is 0 Å². The van der Waals surface area contributed by atoms with Gasteiger partial charge in [-0.3, -0.25) is 4.57 Å². The SMILES string of the molecule is C=C[C@@H]1C[C@]1(C)P(=O)(O)OCC.C[Si](C)(C)I. The average molecular weight is 390 g/mol. The maximum atomic E-state index is 11.6. The van der Waals surface area contributed by atoms with Crippen LogP contribution in [0.15, 0.2) is 12.7 Å². The normalized spacial score (nSPS) is 30.9. The first kappa shape index (κ1) is 17.8. The van der Waals surface area contributed by atoms with Crippen molar-refractivity contribution in [2.75, 3.05) is 6.61 Å². The summed E-state index contributed by atoms with van der Waals surface area (Å²) in [4.78, 5) is 9.50. The number of hydrogen-bond acceptors (Lipinski definition) is 2. The molecule has 0 bridgehead atoms. The Bertz CT molecular complexity index is 310. The van der Waals surface area contributed by atoms with E-state index in [0.717, 1.165) is 0 Å². The van der Waals surface area contributed by atoms with E-state index in [2.05, 4.69) is 48.0 Å². The Kier molecular flexibility index (Phi) is 6.64. The Balaban J connectivity index is 0.000000437. The van der Waals surface area contributed by atoms with E-state index >= 15 is 0 Å². The van der Waals surface area contributed by atoms with Gasteiger partial charge in [0, 0.05) is 0 Å². The van der Waals surface area contributed by atoms with Crippen LogP contribution >= 0.6 is 29.4 Å². The fourth-order valence-corrected chi connectivity index (χ4v) is 2.97. The third kappa shape index (κ3) is 6.01. The summed E-state index contributed by atoms with van der Waals surface area (Å²) in [5.74, 6) is 0.139. The highest BCUT2D eigenvalue weighted by Gasteiger charge is 2.61. The van der Waals surface area contributed by atoms with E-state index < -0.39 is 18.3 Å². The van der Waals surface area contributed by atoms with Gasteiger partial charge in [-0.15, -0.1) is 28.4 Å². The summed E-state index contributed by atoms with van der Waals surface area (Å²) in [6, 6.07) is 0. The van der Waals surface area contributed by atoms with Crippen molar-refractivity contribution < 1.29 is 14.0 Å². The first-order valence-electron chi connectivity index (χ1n) is 5.77. The highest BCUT2D eigenvalue weighted by atomic mass is 127. The molecule has 0 saturated heterocycles. The molecule has 1 fully saturated rings. The van der Waals surface area contributed by atoms with Gasteiger partial charge in [-0.05, 0) is 26.2 Å². The van der Waals surface area contributed by atoms with Gasteiger partial charge in [0.25, 0.3) is 0 Å². The topological polar surface area (TPSA) is 46.5 Å². The van der Waals surface area contributed by atoms with Crippen LogP contribution < -0.4 is 0 Å². The minimum atomic E-state index is -3.41. The Labute approximate surface area is 119 Å². The van der Waals surface area contributed by atoms with Gasteiger partial charge in [-0.2, -0.15) is 0 Å². The van der Waals surface area contributed by atoms with Crippen LogP contribution in [0, 0.1) is 5.92 Å². The Hall–Kier alpha value is 0.837. The lowest BCUT2D eigenvalue weighted by molar-refractivity contribution is 0.262. The van der Waals surface area contributed by atoms with Crippen LogP contribution in [0.2, 0.25) is 19.6 Å². The summed E-state index contributed by atoms with van der Waals surface area (Å²) in [6.45, 7) is 14.3. The molecule has 1 unspecified atom stereocenters. The molecule has 0 aliphatic heterocycles. The van der Waals surface area contributed by atoms with Crippen molar-refractivity contribution in [3.63, 3.8) is 0 Å². The molecule has 0 radical (unpaired) electrons. The second kappa shape index (κ2) is 6.33. The minimum Gasteiger partial charge on any atom is -0.324 e. The molecule has 0 aromatic carbocycles. The molecular formula is C11H24IO3PSi. The predicted octanol–water partition coefficient (Wildman–Crippen LogP) is 4.43. The van der Waals surface area contributed by atoms with Gasteiger partial charge in [0.15, 0.2) is 0 Å². The Morgan fingerprint density at radius 2 is 2.06 bits per heavy atom. The third-order valence-corrected chi connectivity index (χ3v) is 4.92. The number of hydrogen-bond donors (Lipinski definition) is 1. The Morgan fingerprint density at radius 1 is 1.65 bits per heavy atom. The van der Waals surface area contributed by atoms with Crippen LogP contribution in [0.25, 0.3) is 0 Å². The summed E-state index contributed by atoms with van der Waals surface area (Å²) in [6.07, 6.45) is 2.44. The van der Waals surface area contributed by atoms with Crippen LogP contribution in [0.5, 0.6) is 0 Å². The fraction of sp³-hybridized carbons (Fsp3) is 0.818. The van der Waals surface area contributed by atoms with Crippen molar-refractivity contribution >= 4 is 35.0 Å². The van der Waals surface area contributed by atoms with Crippen molar-refractivity contribution in [2.24, 2.45) is 5.92 Å². The summed E-state index contributed by atoms with van der Waals surface area (Å²) >= 11 is 2.52. The highest BCUT2D eigenvalue weighted by Crippen LogP contribution is 2.71. The second-order valence-corrected chi connectivity index (χ2v) is 21.6. The average Bonchev–Trinajstić information content (AvgIpc) is 2.76. The molecule has 0 spiro atoms. The molecular weight excluding hydrogens is 366 g/mol. The minimum absolute atomic E-state index is 0.139. The zero-order valence-corrected chi connectivity index (χ0v) is 15.4. The smallest absolute Gasteiger partial charge is 0.324 e. The van der Waals surface area contributed by atoms with Crippen molar-refractivity contribution in [2.45, 2.75) is 45.1 Å². The molecule has 3 nitrogen and oxygen atoms in total. The molecule has 17 heavy (non-hydrogen) atoms. The molecule has 3 atom stereocenters. The third-order valence-electron chi connectivity index (χ3n) is 2.51.